The Labute approximate surface area is 74.6 Å². The second kappa shape index (κ2) is 3.30. The van der Waals surface area contributed by atoms with E-state index in [0.717, 1.165) is 6.54 Å². The summed E-state index contributed by atoms with van der Waals surface area (Å²) in [6.07, 6.45) is 3.84. The van der Waals surface area contributed by atoms with Gasteiger partial charge in [-0.3, -0.25) is 4.68 Å². The molecule has 1 rings (SSSR count). The first-order chi connectivity index (χ1) is 5.50. The molecule has 0 N–H and O–H groups in total. The number of rotatable bonds is 2. The maximum absolute atomic E-state index is 4.19. The van der Waals surface area contributed by atoms with Gasteiger partial charge in [-0.2, -0.15) is 5.10 Å². The zero-order chi connectivity index (χ0) is 9.19. The van der Waals surface area contributed by atoms with E-state index in [-0.39, 0.29) is 0 Å². The quantitative estimate of drug-likeness (QED) is 0.660. The van der Waals surface area contributed by atoms with Gasteiger partial charge in [0.05, 0.1) is 0 Å². The van der Waals surface area contributed by atoms with Crippen molar-refractivity contribution in [3.05, 3.63) is 18.5 Å². The third-order valence-electron chi connectivity index (χ3n) is 2.50. The topological polar surface area (TPSA) is 17.8 Å². The van der Waals surface area contributed by atoms with Crippen molar-refractivity contribution in [3.63, 3.8) is 0 Å². The summed E-state index contributed by atoms with van der Waals surface area (Å²) in [5.41, 5.74) is 0.367. The van der Waals surface area contributed by atoms with Crippen LogP contribution in [0.25, 0.3) is 0 Å². The summed E-state index contributed by atoms with van der Waals surface area (Å²) in [7, 11) is 0. The lowest BCUT2D eigenvalue weighted by atomic mass is 9.82. The summed E-state index contributed by atoms with van der Waals surface area (Å²) in [5.74, 6) is 0.650. The molecule has 0 aliphatic carbocycles. The van der Waals surface area contributed by atoms with Crippen LogP contribution >= 0.6 is 0 Å². The zero-order valence-corrected chi connectivity index (χ0v) is 8.41. The van der Waals surface area contributed by atoms with Crippen LogP contribution in [-0.2, 0) is 6.54 Å². The van der Waals surface area contributed by atoms with Crippen LogP contribution in [0, 0.1) is 11.3 Å². The predicted octanol–water partition coefficient (Wildman–Crippen LogP) is 2.57. The van der Waals surface area contributed by atoms with Crippen molar-refractivity contribution in [2.75, 3.05) is 0 Å². The molecule has 12 heavy (non-hydrogen) atoms. The van der Waals surface area contributed by atoms with Crippen molar-refractivity contribution in [1.82, 2.24) is 9.78 Å². The van der Waals surface area contributed by atoms with Gasteiger partial charge in [-0.15, -0.1) is 0 Å². The number of hydrogen-bond donors (Lipinski definition) is 0. The van der Waals surface area contributed by atoms with Gasteiger partial charge in [0.1, 0.15) is 0 Å². The molecule has 0 amide bonds. The Hall–Kier alpha value is -0.790. The first-order valence-corrected chi connectivity index (χ1v) is 4.47. The molecule has 0 bridgehead atoms. The van der Waals surface area contributed by atoms with E-state index in [4.69, 9.17) is 0 Å². The van der Waals surface area contributed by atoms with Gasteiger partial charge in [0.25, 0.3) is 0 Å². The van der Waals surface area contributed by atoms with Gasteiger partial charge in [-0.1, -0.05) is 27.7 Å². The third-order valence-corrected chi connectivity index (χ3v) is 2.50. The predicted molar refractivity (Wildman–Crippen MR) is 50.8 cm³/mol. The van der Waals surface area contributed by atoms with Gasteiger partial charge in [0, 0.05) is 18.9 Å². The number of hydrogen-bond acceptors (Lipinski definition) is 1. The largest absolute Gasteiger partial charge is 0.272 e. The smallest absolute Gasteiger partial charge is 0.0489 e. The summed E-state index contributed by atoms with van der Waals surface area (Å²) >= 11 is 0. The van der Waals surface area contributed by atoms with Crippen LogP contribution < -0.4 is 0 Å². The van der Waals surface area contributed by atoms with Crippen molar-refractivity contribution in [2.24, 2.45) is 11.3 Å². The van der Waals surface area contributed by atoms with Crippen LogP contribution in [0.5, 0.6) is 0 Å². The van der Waals surface area contributed by atoms with Crippen LogP contribution in [0.15, 0.2) is 18.5 Å². The number of aromatic nitrogens is 2. The molecule has 0 fully saturated rings. The van der Waals surface area contributed by atoms with Gasteiger partial charge in [0.2, 0.25) is 0 Å². The van der Waals surface area contributed by atoms with Crippen molar-refractivity contribution >= 4 is 0 Å². The Kier molecular flexibility index (Phi) is 2.55. The van der Waals surface area contributed by atoms with Crippen molar-refractivity contribution in [3.8, 4) is 0 Å². The molecular formula is C10H18N2. The molecule has 68 valence electrons. The first-order valence-electron chi connectivity index (χ1n) is 4.47. The molecule has 1 atom stereocenters. The number of nitrogens with zero attached hydrogens (tertiary/aromatic N) is 2. The summed E-state index contributed by atoms with van der Waals surface area (Å²) in [6.45, 7) is 10.1. The average molecular weight is 166 g/mol. The normalized spacial score (nSPS) is 14.7. The minimum absolute atomic E-state index is 0.367. The average Bonchev–Trinajstić information content (AvgIpc) is 2.37. The standard InChI is InChI=1S/C10H18N2/c1-9(10(2,3)4)8-12-7-5-6-11-12/h5-7,9H,8H2,1-4H3/t9-/m0/s1. The summed E-state index contributed by atoms with van der Waals surface area (Å²) in [4.78, 5) is 0. The second-order valence-electron chi connectivity index (χ2n) is 4.50. The molecule has 0 aliphatic heterocycles. The van der Waals surface area contributed by atoms with E-state index in [1.807, 2.05) is 23.1 Å². The maximum atomic E-state index is 4.19. The highest BCUT2D eigenvalue weighted by molar-refractivity contribution is 4.79. The lowest BCUT2D eigenvalue weighted by Gasteiger charge is -2.26. The van der Waals surface area contributed by atoms with Crippen molar-refractivity contribution in [1.29, 1.82) is 0 Å². The molecule has 2 nitrogen and oxygen atoms in total. The second-order valence-corrected chi connectivity index (χ2v) is 4.50. The minimum Gasteiger partial charge on any atom is -0.272 e. The van der Waals surface area contributed by atoms with Crippen molar-refractivity contribution in [2.45, 2.75) is 34.2 Å². The highest BCUT2D eigenvalue weighted by Gasteiger charge is 2.19. The highest BCUT2D eigenvalue weighted by Crippen LogP contribution is 2.26. The van der Waals surface area contributed by atoms with Gasteiger partial charge in [0.15, 0.2) is 0 Å². The monoisotopic (exact) mass is 166 g/mol. The van der Waals surface area contributed by atoms with Gasteiger partial charge in [-0.05, 0) is 17.4 Å². The van der Waals surface area contributed by atoms with E-state index < -0.39 is 0 Å². The molecule has 1 heterocycles. The van der Waals surface area contributed by atoms with Gasteiger partial charge < -0.3 is 0 Å². The first kappa shape index (κ1) is 9.30. The van der Waals surface area contributed by atoms with Crippen LogP contribution in [0.2, 0.25) is 0 Å². The molecular weight excluding hydrogens is 148 g/mol. The summed E-state index contributed by atoms with van der Waals surface area (Å²) < 4.78 is 2.00. The molecule has 1 aromatic heterocycles. The molecule has 0 spiro atoms. The third kappa shape index (κ3) is 2.36. The lowest BCUT2D eigenvalue weighted by Crippen LogP contribution is -2.22. The Morgan fingerprint density at radius 1 is 1.42 bits per heavy atom. The van der Waals surface area contributed by atoms with Crippen LogP contribution in [0.3, 0.4) is 0 Å². The molecule has 0 unspecified atom stereocenters. The zero-order valence-electron chi connectivity index (χ0n) is 8.41. The Bertz CT molecular complexity index is 218. The molecule has 0 saturated heterocycles. The SMILES string of the molecule is C[C@@H](Cn1cccn1)C(C)(C)C. The van der Waals surface area contributed by atoms with Crippen molar-refractivity contribution < 1.29 is 0 Å². The van der Waals surface area contributed by atoms with E-state index in [0.29, 0.717) is 11.3 Å². The Balaban J connectivity index is 2.53. The Morgan fingerprint density at radius 3 is 2.50 bits per heavy atom. The molecule has 1 aromatic rings. The minimum atomic E-state index is 0.367. The van der Waals surface area contributed by atoms with Gasteiger partial charge in [-0.25, -0.2) is 0 Å². The summed E-state index contributed by atoms with van der Waals surface area (Å²) in [6, 6.07) is 1.97. The molecule has 0 saturated carbocycles. The molecule has 2 heteroatoms. The molecule has 0 aromatic carbocycles. The maximum Gasteiger partial charge on any atom is 0.0489 e. The van der Waals surface area contributed by atoms with E-state index in [1.54, 1.807) is 0 Å². The fourth-order valence-electron chi connectivity index (χ4n) is 0.963. The Morgan fingerprint density at radius 2 is 2.08 bits per heavy atom. The highest BCUT2D eigenvalue weighted by atomic mass is 15.3. The van der Waals surface area contributed by atoms with Crippen LogP contribution in [-0.4, -0.2) is 9.78 Å². The molecule has 0 aliphatic rings. The summed E-state index contributed by atoms with van der Waals surface area (Å²) in [5, 5.41) is 4.19. The lowest BCUT2D eigenvalue weighted by molar-refractivity contribution is 0.225. The van der Waals surface area contributed by atoms with Gasteiger partial charge >= 0.3 is 0 Å². The van der Waals surface area contributed by atoms with E-state index in [1.165, 1.54) is 0 Å². The van der Waals surface area contributed by atoms with Crippen LogP contribution in [0.1, 0.15) is 27.7 Å². The van der Waals surface area contributed by atoms with E-state index >= 15 is 0 Å². The van der Waals surface area contributed by atoms with Crippen LogP contribution in [0.4, 0.5) is 0 Å². The molecule has 0 radical (unpaired) electrons. The fourth-order valence-corrected chi connectivity index (χ4v) is 0.963. The fraction of sp³-hybridized carbons (Fsp3) is 0.700. The van der Waals surface area contributed by atoms with E-state index in [9.17, 15) is 0 Å². The van der Waals surface area contributed by atoms with E-state index in [2.05, 4.69) is 32.8 Å².